The second kappa shape index (κ2) is 3.24. The van der Waals surface area contributed by atoms with Crippen LogP contribution in [0.25, 0.3) is 0 Å². The van der Waals surface area contributed by atoms with Gasteiger partial charge < -0.3 is 4.90 Å². The minimum absolute atomic E-state index is 0.0837. The van der Waals surface area contributed by atoms with E-state index < -0.39 is 0 Å². The van der Waals surface area contributed by atoms with Gasteiger partial charge in [0.2, 0.25) is 5.91 Å². The van der Waals surface area contributed by atoms with E-state index in [4.69, 9.17) is 11.6 Å². The zero-order chi connectivity index (χ0) is 7.56. The van der Waals surface area contributed by atoms with E-state index in [1.54, 1.807) is 4.90 Å². The van der Waals surface area contributed by atoms with Gasteiger partial charge >= 0.3 is 0 Å². The van der Waals surface area contributed by atoms with Crippen molar-refractivity contribution in [3.63, 3.8) is 0 Å². The summed E-state index contributed by atoms with van der Waals surface area (Å²) in [6, 6.07) is 0. The Morgan fingerprint density at radius 2 is 2.50 bits per heavy atom. The molecule has 0 aromatic carbocycles. The van der Waals surface area contributed by atoms with Crippen molar-refractivity contribution in [2.45, 2.75) is 12.8 Å². The van der Waals surface area contributed by atoms with E-state index in [-0.39, 0.29) is 11.8 Å². The molecule has 0 bridgehead atoms. The molecule has 1 aliphatic rings. The maximum absolute atomic E-state index is 11.2. The Morgan fingerprint density at radius 1 is 1.80 bits per heavy atom. The zero-order valence-corrected chi connectivity index (χ0v) is 6.90. The summed E-state index contributed by atoms with van der Waals surface area (Å²) in [5.74, 6) is 0.769. The van der Waals surface area contributed by atoms with Crippen LogP contribution >= 0.6 is 11.6 Å². The molecule has 2 nitrogen and oxygen atoms in total. The molecule has 0 aliphatic carbocycles. The number of nitrogens with zero attached hydrogens (tertiary/aromatic N) is 1. The number of likely N-dealkylation sites (tertiary alicyclic amines) is 1. The van der Waals surface area contributed by atoms with Crippen molar-refractivity contribution in [1.82, 2.24) is 4.90 Å². The van der Waals surface area contributed by atoms with Crippen LogP contribution in [0.5, 0.6) is 0 Å². The lowest BCUT2D eigenvalue weighted by atomic mass is 10.00. The van der Waals surface area contributed by atoms with Crippen molar-refractivity contribution in [1.29, 1.82) is 0 Å². The topological polar surface area (TPSA) is 20.3 Å². The van der Waals surface area contributed by atoms with Gasteiger partial charge in [-0.15, -0.1) is 11.6 Å². The first-order valence-corrected chi connectivity index (χ1v) is 4.10. The number of hydrogen-bond donors (Lipinski definition) is 0. The fourth-order valence-electron chi connectivity index (χ4n) is 1.26. The molecular weight excluding hydrogens is 150 g/mol. The summed E-state index contributed by atoms with van der Waals surface area (Å²) in [7, 11) is 1.83. The van der Waals surface area contributed by atoms with Crippen molar-refractivity contribution >= 4 is 17.5 Å². The Bertz CT molecular complexity index is 138. The summed E-state index contributed by atoms with van der Waals surface area (Å²) in [6.45, 7) is 0.895. The molecule has 0 aromatic rings. The lowest BCUT2D eigenvalue weighted by Gasteiger charge is -2.27. The summed E-state index contributed by atoms with van der Waals surface area (Å²) in [6.07, 6.45) is 2.06. The van der Waals surface area contributed by atoms with Crippen LogP contribution in [-0.4, -0.2) is 30.3 Å². The molecular formula is C7H12ClNO. The lowest BCUT2D eigenvalue weighted by Crippen LogP contribution is -2.38. The summed E-state index contributed by atoms with van der Waals surface area (Å²) < 4.78 is 0. The lowest BCUT2D eigenvalue weighted by molar-refractivity contribution is -0.135. The van der Waals surface area contributed by atoms with Crippen LogP contribution in [0.4, 0.5) is 0 Å². The predicted octanol–water partition coefficient (Wildman–Crippen LogP) is 1.09. The van der Waals surface area contributed by atoms with Gasteiger partial charge in [0.1, 0.15) is 0 Å². The molecule has 0 saturated carbocycles. The molecule has 1 fully saturated rings. The largest absolute Gasteiger partial charge is 0.345 e. The van der Waals surface area contributed by atoms with E-state index in [0.29, 0.717) is 5.88 Å². The normalized spacial score (nSPS) is 27.2. The minimum atomic E-state index is 0.0837. The van der Waals surface area contributed by atoms with E-state index in [1.807, 2.05) is 7.05 Å². The SMILES string of the molecule is CN1CCCC(CCl)C1=O. The van der Waals surface area contributed by atoms with Crippen molar-refractivity contribution in [2.75, 3.05) is 19.5 Å². The predicted molar refractivity (Wildman–Crippen MR) is 41.1 cm³/mol. The number of alkyl halides is 1. The fraction of sp³-hybridized carbons (Fsp3) is 0.857. The minimum Gasteiger partial charge on any atom is -0.345 e. The molecule has 58 valence electrons. The Kier molecular flexibility index (Phi) is 2.55. The van der Waals surface area contributed by atoms with Gasteiger partial charge in [0.25, 0.3) is 0 Å². The molecule has 0 N–H and O–H groups in total. The van der Waals surface area contributed by atoms with Gasteiger partial charge in [0, 0.05) is 19.5 Å². The van der Waals surface area contributed by atoms with Crippen molar-refractivity contribution in [3.05, 3.63) is 0 Å². The monoisotopic (exact) mass is 161 g/mol. The van der Waals surface area contributed by atoms with Crippen LogP contribution in [0.15, 0.2) is 0 Å². The average Bonchev–Trinajstić information content (AvgIpc) is 1.95. The molecule has 10 heavy (non-hydrogen) atoms. The number of halogens is 1. The van der Waals surface area contributed by atoms with Crippen molar-refractivity contribution in [2.24, 2.45) is 5.92 Å². The first kappa shape index (κ1) is 7.86. The van der Waals surface area contributed by atoms with Crippen LogP contribution < -0.4 is 0 Å². The second-order valence-corrected chi connectivity index (χ2v) is 3.06. The molecule has 0 radical (unpaired) electrons. The Labute approximate surface area is 66.1 Å². The first-order valence-electron chi connectivity index (χ1n) is 3.56. The highest BCUT2D eigenvalue weighted by Crippen LogP contribution is 2.17. The van der Waals surface area contributed by atoms with Crippen LogP contribution in [0, 0.1) is 5.92 Å². The zero-order valence-electron chi connectivity index (χ0n) is 6.14. The van der Waals surface area contributed by atoms with Gasteiger partial charge in [-0.3, -0.25) is 4.79 Å². The Balaban J connectivity index is 2.51. The van der Waals surface area contributed by atoms with Crippen LogP contribution in [0.2, 0.25) is 0 Å². The molecule has 1 unspecified atom stereocenters. The van der Waals surface area contributed by atoms with Crippen LogP contribution in [0.1, 0.15) is 12.8 Å². The smallest absolute Gasteiger partial charge is 0.226 e. The molecule has 1 heterocycles. The number of piperidine rings is 1. The number of amides is 1. The molecule has 0 spiro atoms. The highest BCUT2D eigenvalue weighted by Gasteiger charge is 2.24. The maximum Gasteiger partial charge on any atom is 0.226 e. The van der Waals surface area contributed by atoms with Crippen LogP contribution in [0.3, 0.4) is 0 Å². The quantitative estimate of drug-likeness (QED) is 0.528. The van der Waals surface area contributed by atoms with Crippen molar-refractivity contribution < 1.29 is 4.79 Å². The van der Waals surface area contributed by atoms with Crippen LogP contribution in [-0.2, 0) is 4.79 Å². The summed E-state index contributed by atoms with van der Waals surface area (Å²) >= 11 is 5.59. The highest BCUT2D eigenvalue weighted by atomic mass is 35.5. The van der Waals surface area contributed by atoms with Gasteiger partial charge in [-0.2, -0.15) is 0 Å². The standard InChI is InChI=1S/C7H12ClNO/c1-9-4-2-3-6(5-8)7(9)10/h6H,2-5H2,1H3. The van der Waals surface area contributed by atoms with E-state index >= 15 is 0 Å². The third kappa shape index (κ3) is 1.43. The third-order valence-corrected chi connectivity index (χ3v) is 2.33. The Morgan fingerprint density at radius 3 is 3.00 bits per heavy atom. The third-order valence-electron chi connectivity index (χ3n) is 1.96. The second-order valence-electron chi connectivity index (χ2n) is 2.75. The van der Waals surface area contributed by atoms with Gasteiger partial charge in [0.15, 0.2) is 0 Å². The highest BCUT2D eigenvalue weighted by molar-refractivity contribution is 6.19. The van der Waals surface area contributed by atoms with Gasteiger partial charge in [-0.1, -0.05) is 0 Å². The fourth-order valence-corrected chi connectivity index (χ4v) is 1.55. The summed E-state index contributed by atoms with van der Waals surface area (Å²) in [4.78, 5) is 13.0. The number of carbonyl (C=O) groups is 1. The van der Waals surface area contributed by atoms with E-state index in [2.05, 4.69) is 0 Å². The van der Waals surface area contributed by atoms with Crippen molar-refractivity contribution in [3.8, 4) is 0 Å². The summed E-state index contributed by atoms with van der Waals surface area (Å²) in [5, 5.41) is 0. The maximum atomic E-state index is 11.2. The summed E-state index contributed by atoms with van der Waals surface area (Å²) in [5.41, 5.74) is 0. The van der Waals surface area contributed by atoms with E-state index in [1.165, 1.54) is 0 Å². The number of hydrogen-bond acceptors (Lipinski definition) is 1. The molecule has 1 saturated heterocycles. The molecule has 1 rings (SSSR count). The van der Waals surface area contributed by atoms with Gasteiger partial charge in [0.05, 0.1) is 5.92 Å². The van der Waals surface area contributed by atoms with E-state index in [9.17, 15) is 4.79 Å². The molecule has 3 heteroatoms. The molecule has 1 aliphatic heterocycles. The van der Waals surface area contributed by atoms with Gasteiger partial charge in [-0.25, -0.2) is 0 Å². The molecule has 0 aromatic heterocycles. The average molecular weight is 162 g/mol. The Hall–Kier alpha value is -0.240. The molecule has 1 amide bonds. The number of rotatable bonds is 1. The van der Waals surface area contributed by atoms with Gasteiger partial charge in [-0.05, 0) is 12.8 Å². The molecule has 1 atom stereocenters. The number of carbonyl (C=O) groups excluding carboxylic acids is 1. The van der Waals surface area contributed by atoms with E-state index in [0.717, 1.165) is 19.4 Å². The first-order chi connectivity index (χ1) is 4.75.